The van der Waals surface area contributed by atoms with E-state index in [-0.39, 0.29) is 12.0 Å². The average molecular weight is 436 g/mol. The quantitative estimate of drug-likeness (QED) is 0.513. The van der Waals surface area contributed by atoms with Crippen LogP contribution in [0.5, 0.6) is 11.5 Å². The molecule has 8 heteroatoms. The van der Waals surface area contributed by atoms with Gasteiger partial charge in [0.05, 0.1) is 5.56 Å². The van der Waals surface area contributed by atoms with E-state index in [1.54, 1.807) is 0 Å². The summed E-state index contributed by atoms with van der Waals surface area (Å²) >= 11 is 0. The van der Waals surface area contributed by atoms with E-state index in [1.165, 1.54) is 12.1 Å². The molecule has 5 nitrogen and oxygen atoms in total. The van der Waals surface area contributed by atoms with Crippen LogP contribution in [0.1, 0.15) is 37.7 Å². The second-order valence-corrected chi connectivity index (χ2v) is 7.47. The molecule has 1 heterocycles. The highest BCUT2D eigenvalue weighted by Gasteiger charge is 2.30. The summed E-state index contributed by atoms with van der Waals surface area (Å²) in [6.45, 7) is 2.22. The van der Waals surface area contributed by atoms with Crippen molar-refractivity contribution in [2.24, 2.45) is 0 Å². The number of fused-ring (bicyclic) bond motifs is 1. The van der Waals surface area contributed by atoms with Crippen molar-refractivity contribution >= 4 is 11.6 Å². The van der Waals surface area contributed by atoms with Crippen molar-refractivity contribution in [1.29, 1.82) is 0 Å². The number of hydrogen-bond acceptors (Lipinski definition) is 4. The third kappa shape index (κ3) is 7.47. The number of rotatable bonds is 10. The lowest BCUT2D eigenvalue weighted by atomic mass is 10.1. The van der Waals surface area contributed by atoms with Crippen molar-refractivity contribution in [2.75, 3.05) is 25.0 Å². The third-order valence-corrected chi connectivity index (χ3v) is 4.96. The molecule has 0 saturated heterocycles. The Labute approximate surface area is 179 Å². The highest BCUT2D eigenvalue weighted by atomic mass is 19.4. The monoisotopic (exact) mass is 436 g/mol. The van der Waals surface area contributed by atoms with E-state index in [2.05, 4.69) is 10.6 Å². The van der Waals surface area contributed by atoms with E-state index in [1.807, 2.05) is 24.3 Å². The van der Waals surface area contributed by atoms with Crippen LogP contribution in [-0.2, 0) is 11.0 Å². The molecule has 1 unspecified atom stereocenters. The predicted octanol–water partition coefficient (Wildman–Crippen LogP) is 5.02. The fourth-order valence-electron chi connectivity index (χ4n) is 3.27. The first-order chi connectivity index (χ1) is 14.9. The first kappa shape index (κ1) is 22.9. The summed E-state index contributed by atoms with van der Waals surface area (Å²) in [4.78, 5) is 11.9. The minimum absolute atomic E-state index is 0.0382. The number of benzene rings is 2. The number of carbonyl (C=O) groups is 1. The molecule has 0 aliphatic carbocycles. The highest BCUT2D eigenvalue weighted by Crippen LogP contribution is 2.31. The molecule has 1 amide bonds. The second-order valence-electron chi connectivity index (χ2n) is 7.47. The second kappa shape index (κ2) is 11.0. The summed E-state index contributed by atoms with van der Waals surface area (Å²) in [5.74, 6) is 1.38. The zero-order valence-electron chi connectivity index (χ0n) is 17.2. The van der Waals surface area contributed by atoms with Crippen molar-refractivity contribution in [3.05, 3.63) is 54.1 Å². The van der Waals surface area contributed by atoms with Gasteiger partial charge in [-0.25, -0.2) is 0 Å². The molecule has 1 atom stereocenters. The van der Waals surface area contributed by atoms with Gasteiger partial charge in [-0.1, -0.05) is 18.6 Å². The van der Waals surface area contributed by atoms with E-state index >= 15 is 0 Å². The van der Waals surface area contributed by atoms with E-state index in [9.17, 15) is 18.0 Å². The van der Waals surface area contributed by atoms with E-state index < -0.39 is 11.7 Å². The smallest absolute Gasteiger partial charge is 0.416 e. The van der Waals surface area contributed by atoms with Crippen molar-refractivity contribution in [2.45, 2.75) is 44.4 Å². The van der Waals surface area contributed by atoms with Crippen molar-refractivity contribution in [1.82, 2.24) is 5.32 Å². The van der Waals surface area contributed by atoms with Crippen molar-refractivity contribution < 1.29 is 27.4 Å². The van der Waals surface area contributed by atoms with Gasteiger partial charge in [0, 0.05) is 18.5 Å². The minimum atomic E-state index is -4.38. The topological polar surface area (TPSA) is 59.6 Å². The van der Waals surface area contributed by atoms with Crippen LogP contribution in [0.2, 0.25) is 0 Å². The van der Waals surface area contributed by atoms with Crippen LogP contribution in [0.15, 0.2) is 48.5 Å². The Bertz CT molecular complexity index is 841. The Morgan fingerprint density at radius 2 is 1.71 bits per heavy atom. The molecular formula is C23H27F3N2O3. The largest absolute Gasteiger partial charge is 0.486 e. The molecule has 0 aromatic heterocycles. The maximum absolute atomic E-state index is 12.5. The lowest BCUT2D eigenvalue weighted by molar-refractivity contribution is -0.137. The molecule has 168 valence electrons. The van der Waals surface area contributed by atoms with Gasteiger partial charge in [0.25, 0.3) is 0 Å². The Kier molecular flexibility index (Phi) is 8.17. The van der Waals surface area contributed by atoms with Gasteiger partial charge in [0.2, 0.25) is 5.91 Å². The van der Waals surface area contributed by atoms with Gasteiger partial charge in [-0.05, 0) is 62.3 Å². The van der Waals surface area contributed by atoms with Crippen LogP contribution >= 0.6 is 0 Å². The highest BCUT2D eigenvalue weighted by molar-refractivity contribution is 5.90. The minimum Gasteiger partial charge on any atom is -0.486 e. The van der Waals surface area contributed by atoms with Gasteiger partial charge in [0.15, 0.2) is 11.5 Å². The van der Waals surface area contributed by atoms with Crippen LogP contribution in [0.4, 0.5) is 18.9 Å². The summed E-state index contributed by atoms with van der Waals surface area (Å²) in [7, 11) is 0. The van der Waals surface area contributed by atoms with Crippen LogP contribution in [0.3, 0.4) is 0 Å². The van der Waals surface area contributed by atoms with Crippen LogP contribution in [-0.4, -0.2) is 31.7 Å². The fourth-order valence-corrected chi connectivity index (χ4v) is 3.27. The molecule has 2 aromatic rings. The summed E-state index contributed by atoms with van der Waals surface area (Å²) in [6, 6.07) is 12.1. The van der Waals surface area contributed by atoms with Crippen molar-refractivity contribution in [3.8, 4) is 11.5 Å². The number of para-hydroxylation sites is 2. The van der Waals surface area contributed by atoms with Gasteiger partial charge < -0.3 is 20.1 Å². The van der Waals surface area contributed by atoms with Gasteiger partial charge in [0.1, 0.15) is 12.7 Å². The lowest BCUT2D eigenvalue weighted by Crippen LogP contribution is -2.32. The molecule has 0 spiro atoms. The van der Waals surface area contributed by atoms with E-state index in [0.29, 0.717) is 18.7 Å². The Morgan fingerprint density at radius 1 is 0.968 bits per heavy atom. The van der Waals surface area contributed by atoms with E-state index in [0.717, 1.165) is 62.4 Å². The van der Waals surface area contributed by atoms with Gasteiger partial charge in [-0.3, -0.25) is 4.79 Å². The Balaban J connectivity index is 1.21. The van der Waals surface area contributed by atoms with Gasteiger partial charge in [-0.2, -0.15) is 13.2 Å². The number of alkyl halides is 3. The van der Waals surface area contributed by atoms with Crippen LogP contribution in [0.25, 0.3) is 0 Å². The zero-order chi connectivity index (χ0) is 22.1. The average Bonchev–Trinajstić information content (AvgIpc) is 2.75. The number of ether oxygens (including phenoxy) is 2. The molecule has 0 saturated carbocycles. The number of carbonyl (C=O) groups excluding carboxylic acids is 1. The van der Waals surface area contributed by atoms with Gasteiger partial charge >= 0.3 is 6.18 Å². The molecule has 3 rings (SSSR count). The number of hydrogen-bond donors (Lipinski definition) is 2. The number of anilines is 1. The first-order valence-corrected chi connectivity index (χ1v) is 10.5. The standard InChI is InChI=1S/C23H27F3N2O3/c24-23(25,26)17-9-11-18(12-10-17)28-22(29)8-2-1-5-14-27-15-13-19-16-30-20-6-3-4-7-21(20)31-19/h3-4,6-7,9-12,19,27H,1-2,5,8,13-16H2,(H,28,29). The summed E-state index contributed by atoms with van der Waals surface area (Å²) < 4.78 is 49.2. The summed E-state index contributed by atoms with van der Waals surface area (Å²) in [5.41, 5.74) is -0.360. The van der Waals surface area contributed by atoms with Crippen molar-refractivity contribution in [3.63, 3.8) is 0 Å². The third-order valence-electron chi connectivity index (χ3n) is 4.96. The molecule has 2 N–H and O–H groups in total. The molecule has 31 heavy (non-hydrogen) atoms. The Morgan fingerprint density at radius 3 is 2.45 bits per heavy atom. The van der Waals surface area contributed by atoms with Gasteiger partial charge in [-0.15, -0.1) is 0 Å². The number of nitrogens with one attached hydrogen (secondary N) is 2. The zero-order valence-corrected chi connectivity index (χ0v) is 17.2. The lowest BCUT2D eigenvalue weighted by Gasteiger charge is -2.26. The first-order valence-electron chi connectivity index (χ1n) is 10.5. The van der Waals surface area contributed by atoms with E-state index in [4.69, 9.17) is 9.47 Å². The molecule has 0 radical (unpaired) electrons. The maximum atomic E-state index is 12.5. The molecule has 0 bridgehead atoms. The molecule has 1 aliphatic heterocycles. The predicted molar refractivity (Wildman–Crippen MR) is 112 cm³/mol. The normalized spacial score (nSPS) is 15.5. The number of halogens is 3. The van der Waals surface area contributed by atoms with Crippen LogP contribution < -0.4 is 20.1 Å². The summed E-state index contributed by atoms with van der Waals surface area (Å²) in [5, 5.41) is 6.00. The fraction of sp³-hybridized carbons (Fsp3) is 0.435. The molecular weight excluding hydrogens is 409 g/mol. The summed E-state index contributed by atoms with van der Waals surface area (Å²) in [6.07, 6.45) is -0.583. The Hall–Kier alpha value is -2.74. The number of amides is 1. The van der Waals surface area contributed by atoms with Crippen LogP contribution in [0, 0.1) is 0 Å². The maximum Gasteiger partial charge on any atom is 0.416 e. The molecule has 2 aromatic carbocycles. The SMILES string of the molecule is O=C(CCCCCNCCC1COc2ccccc2O1)Nc1ccc(C(F)(F)F)cc1. The number of unbranched alkanes of at least 4 members (excludes halogenated alkanes) is 2. The molecule has 1 aliphatic rings. The molecule has 0 fully saturated rings.